The first-order chi connectivity index (χ1) is 10.6. The third-order valence-electron chi connectivity index (χ3n) is 4.91. The van der Waals surface area contributed by atoms with Crippen molar-refractivity contribution in [3.63, 3.8) is 0 Å². The van der Waals surface area contributed by atoms with Crippen molar-refractivity contribution < 1.29 is 4.74 Å². The van der Waals surface area contributed by atoms with E-state index >= 15 is 0 Å². The predicted molar refractivity (Wildman–Crippen MR) is 87.9 cm³/mol. The van der Waals surface area contributed by atoms with Crippen LogP contribution in [0.2, 0.25) is 5.02 Å². The number of benzene rings is 1. The molecule has 2 fully saturated rings. The number of anilines is 1. The molecule has 0 unspecified atom stereocenters. The second-order valence-electron chi connectivity index (χ2n) is 6.14. The molecule has 0 radical (unpaired) electrons. The molecule has 5 heteroatoms. The number of nitrogens with two attached hydrogens (primary N) is 1. The molecule has 0 aromatic heterocycles. The molecule has 0 atom stereocenters. The predicted octanol–water partition coefficient (Wildman–Crippen LogP) is 2.93. The zero-order valence-corrected chi connectivity index (χ0v) is 13.3. The van der Waals surface area contributed by atoms with Crippen LogP contribution in [0.25, 0.3) is 0 Å². The van der Waals surface area contributed by atoms with Crippen LogP contribution < -0.4 is 5.73 Å². The van der Waals surface area contributed by atoms with Gasteiger partial charge in [0.15, 0.2) is 0 Å². The molecule has 116 valence electrons. The van der Waals surface area contributed by atoms with Crippen molar-refractivity contribution in [1.29, 1.82) is 5.26 Å². The second kappa shape index (κ2) is 5.92. The molecule has 0 spiro atoms. The summed E-state index contributed by atoms with van der Waals surface area (Å²) in [6.07, 6.45) is 4.02. The molecule has 1 aromatic carbocycles. The molecule has 0 amide bonds. The lowest BCUT2D eigenvalue weighted by Gasteiger charge is -2.50. The Balaban J connectivity index is 1.76. The standard InChI is InChI=1S/C17H20ClN3O/c1-2-17(10-22-11-17)21-5-3-13(4-6-21)14-7-12(9-19)8-15(20)16(14)18/h2,7-8,13H,1,3-6,10-11,20H2. The normalized spacial score (nSPS) is 21.8. The summed E-state index contributed by atoms with van der Waals surface area (Å²) in [5.41, 5.74) is 8.03. The molecule has 2 N–H and O–H groups in total. The fourth-order valence-corrected chi connectivity index (χ4v) is 3.67. The van der Waals surface area contributed by atoms with Crippen LogP contribution in [0.4, 0.5) is 5.69 Å². The minimum Gasteiger partial charge on any atom is -0.397 e. The lowest BCUT2D eigenvalue weighted by atomic mass is 9.85. The van der Waals surface area contributed by atoms with E-state index in [0.717, 1.165) is 44.7 Å². The van der Waals surface area contributed by atoms with Crippen LogP contribution in [-0.2, 0) is 4.74 Å². The highest BCUT2D eigenvalue weighted by molar-refractivity contribution is 6.34. The van der Waals surface area contributed by atoms with Gasteiger partial charge in [0.25, 0.3) is 0 Å². The minimum absolute atomic E-state index is 0.0162. The summed E-state index contributed by atoms with van der Waals surface area (Å²) in [5.74, 6) is 0.349. The van der Waals surface area contributed by atoms with Crippen LogP contribution >= 0.6 is 11.6 Å². The average Bonchev–Trinajstić information content (AvgIpc) is 2.50. The molecule has 1 aromatic rings. The maximum absolute atomic E-state index is 9.11. The summed E-state index contributed by atoms with van der Waals surface area (Å²) in [7, 11) is 0. The zero-order chi connectivity index (χ0) is 15.7. The molecule has 0 saturated carbocycles. The van der Waals surface area contributed by atoms with E-state index in [1.807, 2.05) is 12.1 Å². The fraction of sp³-hybridized carbons (Fsp3) is 0.471. The smallest absolute Gasteiger partial charge is 0.0992 e. The van der Waals surface area contributed by atoms with Gasteiger partial charge in [0.2, 0.25) is 0 Å². The summed E-state index contributed by atoms with van der Waals surface area (Å²) in [5, 5.41) is 9.71. The van der Waals surface area contributed by atoms with E-state index in [9.17, 15) is 0 Å². The van der Waals surface area contributed by atoms with E-state index in [4.69, 9.17) is 27.3 Å². The van der Waals surface area contributed by atoms with Gasteiger partial charge in [-0.25, -0.2) is 0 Å². The van der Waals surface area contributed by atoms with Gasteiger partial charge in [0.1, 0.15) is 0 Å². The van der Waals surface area contributed by atoms with Crippen LogP contribution in [0, 0.1) is 11.3 Å². The van der Waals surface area contributed by atoms with Crippen LogP contribution in [0.1, 0.15) is 29.9 Å². The second-order valence-corrected chi connectivity index (χ2v) is 6.52. The number of likely N-dealkylation sites (tertiary alicyclic amines) is 1. The van der Waals surface area contributed by atoms with Gasteiger partial charge in [-0.1, -0.05) is 17.7 Å². The van der Waals surface area contributed by atoms with Gasteiger partial charge in [-0.05, 0) is 49.5 Å². The van der Waals surface area contributed by atoms with Crippen LogP contribution in [0.3, 0.4) is 0 Å². The van der Waals surface area contributed by atoms with Gasteiger partial charge in [-0.15, -0.1) is 6.58 Å². The van der Waals surface area contributed by atoms with Crippen LogP contribution in [-0.4, -0.2) is 36.7 Å². The van der Waals surface area contributed by atoms with Gasteiger partial charge in [-0.2, -0.15) is 5.26 Å². The third-order valence-corrected chi connectivity index (χ3v) is 5.34. The third kappa shape index (κ3) is 2.50. The fourth-order valence-electron chi connectivity index (χ4n) is 3.41. The monoisotopic (exact) mass is 317 g/mol. The first-order valence-corrected chi connectivity index (χ1v) is 7.93. The van der Waals surface area contributed by atoms with Gasteiger partial charge < -0.3 is 10.5 Å². The highest BCUT2D eigenvalue weighted by Gasteiger charge is 2.42. The number of nitriles is 1. The topological polar surface area (TPSA) is 62.3 Å². The van der Waals surface area contributed by atoms with Crippen molar-refractivity contribution in [3.8, 4) is 6.07 Å². The lowest BCUT2D eigenvalue weighted by molar-refractivity contribution is -0.118. The Morgan fingerprint density at radius 3 is 2.59 bits per heavy atom. The lowest BCUT2D eigenvalue weighted by Crippen LogP contribution is -2.62. The van der Waals surface area contributed by atoms with E-state index in [1.54, 1.807) is 6.07 Å². The molecule has 2 aliphatic rings. The van der Waals surface area contributed by atoms with Crippen molar-refractivity contribution >= 4 is 17.3 Å². The Kier molecular flexibility index (Phi) is 4.14. The Morgan fingerprint density at radius 2 is 2.09 bits per heavy atom. The molecule has 0 bridgehead atoms. The minimum atomic E-state index is 0.0162. The Bertz CT molecular complexity index is 626. The van der Waals surface area contributed by atoms with Crippen molar-refractivity contribution in [2.24, 2.45) is 0 Å². The molecule has 2 heterocycles. The Morgan fingerprint density at radius 1 is 1.41 bits per heavy atom. The van der Waals surface area contributed by atoms with Crippen LogP contribution in [0.15, 0.2) is 24.8 Å². The maximum atomic E-state index is 9.11. The van der Waals surface area contributed by atoms with Gasteiger partial charge in [-0.3, -0.25) is 4.90 Å². The Hall–Kier alpha value is -1.54. The number of hydrogen-bond donors (Lipinski definition) is 1. The molecule has 0 aliphatic carbocycles. The summed E-state index contributed by atoms with van der Waals surface area (Å²) in [4.78, 5) is 2.45. The summed E-state index contributed by atoms with van der Waals surface area (Å²) in [6, 6.07) is 5.68. The molecule has 22 heavy (non-hydrogen) atoms. The zero-order valence-electron chi connectivity index (χ0n) is 12.5. The molecule has 3 rings (SSSR count). The van der Waals surface area contributed by atoms with Crippen molar-refractivity contribution in [2.75, 3.05) is 32.0 Å². The number of nitrogen functional groups attached to an aromatic ring is 1. The largest absolute Gasteiger partial charge is 0.397 e. The van der Waals surface area contributed by atoms with E-state index in [0.29, 0.717) is 22.2 Å². The molecule has 2 aliphatic heterocycles. The summed E-state index contributed by atoms with van der Waals surface area (Å²) >= 11 is 6.36. The highest BCUT2D eigenvalue weighted by atomic mass is 35.5. The van der Waals surface area contributed by atoms with Crippen molar-refractivity contribution in [1.82, 2.24) is 4.90 Å². The Labute approximate surface area is 136 Å². The van der Waals surface area contributed by atoms with E-state index in [2.05, 4.69) is 17.5 Å². The first kappa shape index (κ1) is 15.4. The van der Waals surface area contributed by atoms with E-state index in [1.165, 1.54) is 0 Å². The SMILES string of the molecule is C=CC1(N2CCC(c3cc(C#N)cc(N)c3Cl)CC2)COC1. The summed E-state index contributed by atoms with van der Waals surface area (Å²) < 4.78 is 5.37. The van der Waals surface area contributed by atoms with Crippen molar-refractivity contribution in [2.45, 2.75) is 24.3 Å². The van der Waals surface area contributed by atoms with Gasteiger partial charge >= 0.3 is 0 Å². The molecule has 4 nitrogen and oxygen atoms in total. The summed E-state index contributed by atoms with van der Waals surface area (Å²) in [6.45, 7) is 7.39. The van der Waals surface area contributed by atoms with Crippen molar-refractivity contribution in [3.05, 3.63) is 40.9 Å². The number of rotatable bonds is 3. The quantitative estimate of drug-likeness (QED) is 0.688. The van der Waals surface area contributed by atoms with Gasteiger partial charge in [0, 0.05) is 0 Å². The first-order valence-electron chi connectivity index (χ1n) is 7.55. The molecular weight excluding hydrogens is 298 g/mol. The molecule has 2 saturated heterocycles. The average molecular weight is 318 g/mol. The van der Waals surface area contributed by atoms with E-state index in [-0.39, 0.29) is 5.54 Å². The number of ether oxygens (including phenoxy) is 1. The van der Waals surface area contributed by atoms with E-state index < -0.39 is 0 Å². The maximum Gasteiger partial charge on any atom is 0.0992 e. The molecular formula is C17H20ClN3O. The van der Waals surface area contributed by atoms with Crippen LogP contribution in [0.5, 0.6) is 0 Å². The van der Waals surface area contributed by atoms with Gasteiger partial charge in [0.05, 0.1) is 41.1 Å². The number of piperidine rings is 1. The number of halogens is 1. The number of nitrogens with zero attached hydrogens (tertiary/aromatic N) is 2. The number of hydrogen-bond acceptors (Lipinski definition) is 4. The highest BCUT2D eigenvalue weighted by Crippen LogP contribution is 2.39.